The van der Waals surface area contributed by atoms with Gasteiger partial charge in [-0.2, -0.15) is 0 Å². The minimum atomic E-state index is -2.26. The molecule has 3 rings (SSSR count). The SMILES string of the molecule is C/C1=C/C=C\C[C@@H](O)[C@@H](C)[C@H](O)CCC[C@H](O)C[C@H](O)/C(C)=C\[C@H](CCCCC(C)C)[C@@H](O)[C@H](O)CC[C@H](O)C[C@@H](O)C[C@@H](O)[C@@H](C)CC[C@@H](O)[C@@H](C)[C@H](O)CCC[C@@H](O)C[C@H](O)/C=C\[C@H](C)OC(=O)C[C@]2(O)O[C@H](C[C@@H](O[C@@H]3O[C@H](C)[C@@H](O)[C@H](N(C)C)[C@H]3O)[C@@H]2C)[C@H](C)[C@@H]1O. The fraction of sp³-hybridized carbons (Fsp3) is 0.877. The van der Waals surface area contributed by atoms with Crippen molar-refractivity contribution in [2.24, 2.45) is 41.4 Å². The number of nitrogens with zero attached hydrogens (tertiary/aromatic N) is 1. The number of likely N-dealkylation sites (N-methyl/N-ethyl adjacent to an activating group) is 1. The number of esters is 1. The average molecular weight is 1380 g/mol. The van der Waals surface area contributed by atoms with Crippen molar-refractivity contribution in [3.05, 3.63) is 47.6 Å². The van der Waals surface area contributed by atoms with Gasteiger partial charge in [0.2, 0.25) is 0 Å². The van der Waals surface area contributed by atoms with E-state index in [9.17, 15) is 91.6 Å². The van der Waals surface area contributed by atoms with Gasteiger partial charge in [-0.05, 0) is 161 Å². The quantitative estimate of drug-likeness (QED) is 0.0903. The molecular weight excluding hydrogens is 1240 g/mol. The maximum Gasteiger partial charge on any atom is 0.311 e. The maximum absolute atomic E-state index is 13.7. The summed E-state index contributed by atoms with van der Waals surface area (Å²) in [5.41, 5.74) is 0.999. The van der Waals surface area contributed by atoms with Crippen LogP contribution in [0.2, 0.25) is 0 Å². The van der Waals surface area contributed by atoms with Gasteiger partial charge in [0.25, 0.3) is 0 Å². The van der Waals surface area contributed by atoms with Crippen LogP contribution in [-0.2, 0) is 23.7 Å². The summed E-state index contributed by atoms with van der Waals surface area (Å²) in [4.78, 5) is 15.4. The minimum Gasteiger partial charge on any atom is -0.458 e. The van der Waals surface area contributed by atoms with Crippen molar-refractivity contribution in [3.8, 4) is 0 Å². The lowest BCUT2D eigenvalue weighted by Crippen LogP contribution is -2.64. The highest BCUT2D eigenvalue weighted by Crippen LogP contribution is 2.42. The lowest BCUT2D eigenvalue weighted by Gasteiger charge is -2.50. The molecule has 0 aromatic rings. The Hall–Kier alpha value is -2.41. The molecule has 29 atom stereocenters. The van der Waals surface area contributed by atoms with E-state index in [1.165, 1.54) is 12.2 Å². The van der Waals surface area contributed by atoms with Gasteiger partial charge >= 0.3 is 5.97 Å². The first kappa shape index (κ1) is 87.8. The topological polar surface area (TPSA) is 401 Å². The first-order chi connectivity index (χ1) is 44.9. The molecule has 17 N–H and O–H groups in total. The Kier molecular flexibility index (Phi) is 39.8. The van der Waals surface area contributed by atoms with Crippen molar-refractivity contribution in [1.29, 1.82) is 0 Å². The molecule has 0 aromatic carbocycles. The molecule has 0 unspecified atom stereocenters. The molecule has 2 bridgehead atoms. The third kappa shape index (κ3) is 29.9. The third-order valence-corrected chi connectivity index (χ3v) is 20.9. The smallest absolute Gasteiger partial charge is 0.311 e. The maximum atomic E-state index is 13.7. The third-order valence-electron chi connectivity index (χ3n) is 20.9. The number of unbranched alkanes of at least 4 members (excludes halogenated alkanes) is 1. The molecule has 23 nitrogen and oxygen atoms in total. The zero-order chi connectivity index (χ0) is 72.5. The lowest BCUT2D eigenvalue weighted by atomic mass is 9.80. The van der Waals surface area contributed by atoms with Crippen molar-refractivity contribution < 1.29 is 111 Å². The van der Waals surface area contributed by atoms with E-state index >= 15 is 0 Å². The highest BCUT2D eigenvalue weighted by Gasteiger charge is 2.53. The highest BCUT2D eigenvalue weighted by atomic mass is 16.7. The molecule has 96 heavy (non-hydrogen) atoms. The zero-order valence-electron chi connectivity index (χ0n) is 60.1. The van der Waals surface area contributed by atoms with Gasteiger partial charge in [-0.1, -0.05) is 98.1 Å². The number of cyclic esters (lactones) is 1. The van der Waals surface area contributed by atoms with E-state index in [-0.39, 0.29) is 89.4 Å². The average Bonchev–Trinajstić information content (AvgIpc) is 0.771. The summed E-state index contributed by atoms with van der Waals surface area (Å²) in [5.74, 6) is -6.42. The van der Waals surface area contributed by atoms with E-state index in [2.05, 4.69) is 13.8 Å². The molecule has 23 heteroatoms. The van der Waals surface area contributed by atoms with Crippen LogP contribution in [0.3, 0.4) is 0 Å². The second kappa shape index (κ2) is 43.5. The summed E-state index contributed by atoms with van der Waals surface area (Å²) in [5, 5.41) is 191. The molecule has 3 heterocycles. The number of ether oxygens (including phenoxy) is 4. The number of rotatable bonds is 8. The largest absolute Gasteiger partial charge is 0.458 e. The van der Waals surface area contributed by atoms with Crippen molar-refractivity contribution in [3.63, 3.8) is 0 Å². The molecule has 3 aliphatic rings. The number of fused-ring (bicyclic) bond motifs is 2. The van der Waals surface area contributed by atoms with Crippen molar-refractivity contribution >= 4 is 5.97 Å². The van der Waals surface area contributed by atoms with Crippen LogP contribution < -0.4 is 0 Å². The molecule has 0 aliphatic carbocycles. The fourth-order valence-corrected chi connectivity index (χ4v) is 13.6. The summed E-state index contributed by atoms with van der Waals surface area (Å²) in [6.45, 7) is 19.4. The molecule has 0 saturated carbocycles. The summed E-state index contributed by atoms with van der Waals surface area (Å²) < 4.78 is 24.5. The number of carbonyl (C=O) groups is 1. The Morgan fingerprint density at radius 3 is 1.80 bits per heavy atom. The van der Waals surface area contributed by atoms with Gasteiger partial charge in [-0.25, -0.2) is 0 Å². The van der Waals surface area contributed by atoms with Gasteiger partial charge in [-0.15, -0.1) is 0 Å². The number of hydrogen-bond donors (Lipinski definition) is 17. The van der Waals surface area contributed by atoms with Crippen LogP contribution in [0.4, 0.5) is 0 Å². The van der Waals surface area contributed by atoms with E-state index in [0.717, 1.165) is 19.3 Å². The minimum absolute atomic E-state index is 0.00941. The summed E-state index contributed by atoms with van der Waals surface area (Å²) in [7, 11) is 3.40. The first-order valence-electron chi connectivity index (χ1n) is 36.0. The molecule has 562 valence electrons. The van der Waals surface area contributed by atoms with E-state index in [1.807, 2.05) is 0 Å². The number of hydrogen-bond acceptors (Lipinski definition) is 23. The predicted molar refractivity (Wildman–Crippen MR) is 365 cm³/mol. The number of aliphatic hydroxyl groups is 17. The van der Waals surface area contributed by atoms with Crippen LogP contribution in [0.5, 0.6) is 0 Å². The van der Waals surface area contributed by atoms with Crippen LogP contribution in [0, 0.1) is 41.4 Å². The molecule has 0 aromatic heterocycles. The Labute approximate surface area is 573 Å². The molecule has 2 fully saturated rings. The van der Waals surface area contributed by atoms with Crippen molar-refractivity contribution in [2.45, 2.75) is 351 Å². The number of allylic oxidation sites excluding steroid dienone is 2. The van der Waals surface area contributed by atoms with Crippen LogP contribution in [-0.4, -0.2) is 252 Å². The Morgan fingerprint density at radius 2 is 1.19 bits per heavy atom. The van der Waals surface area contributed by atoms with Gasteiger partial charge in [0.15, 0.2) is 12.1 Å². The van der Waals surface area contributed by atoms with Gasteiger partial charge in [-0.3, -0.25) is 4.79 Å². The molecule has 0 amide bonds. The summed E-state index contributed by atoms with van der Waals surface area (Å²) >= 11 is 0. The van der Waals surface area contributed by atoms with E-state index in [4.69, 9.17) is 18.9 Å². The van der Waals surface area contributed by atoms with Gasteiger partial charge in [0, 0.05) is 48.9 Å². The van der Waals surface area contributed by atoms with Gasteiger partial charge in [0.1, 0.15) is 12.2 Å². The molecule has 0 radical (unpaired) electrons. The predicted octanol–water partition coefficient (Wildman–Crippen LogP) is 4.50. The first-order valence-corrected chi connectivity index (χ1v) is 36.0. The van der Waals surface area contributed by atoms with Gasteiger partial charge in [0.05, 0.1) is 122 Å². The summed E-state index contributed by atoms with van der Waals surface area (Å²) in [6.07, 6.45) is -7.60. The summed E-state index contributed by atoms with van der Waals surface area (Å²) in [6, 6.07) is -0.781. The number of aliphatic hydroxyl groups excluding tert-OH is 16. The second-order valence-electron chi connectivity index (χ2n) is 30.0. The molecule has 2 saturated heterocycles. The molecule has 3 aliphatic heterocycles. The van der Waals surface area contributed by atoms with Crippen LogP contribution in [0.15, 0.2) is 47.6 Å². The van der Waals surface area contributed by atoms with Crippen LogP contribution in [0.25, 0.3) is 0 Å². The van der Waals surface area contributed by atoms with E-state index < -0.39 is 182 Å². The zero-order valence-corrected chi connectivity index (χ0v) is 60.1. The second-order valence-corrected chi connectivity index (χ2v) is 30.0. The Bertz CT molecular complexity index is 2270. The van der Waals surface area contributed by atoms with Crippen molar-refractivity contribution in [2.75, 3.05) is 14.1 Å². The van der Waals surface area contributed by atoms with E-state index in [1.54, 1.807) is 106 Å². The molecular formula is C73H133NO22. The highest BCUT2D eigenvalue weighted by molar-refractivity contribution is 5.71. The Morgan fingerprint density at radius 1 is 0.604 bits per heavy atom. The fourth-order valence-electron chi connectivity index (χ4n) is 13.6. The van der Waals surface area contributed by atoms with Crippen LogP contribution in [0.1, 0.15) is 211 Å². The van der Waals surface area contributed by atoms with E-state index in [0.29, 0.717) is 42.7 Å². The van der Waals surface area contributed by atoms with Crippen LogP contribution >= 0.6 is 0 Å². The van der Waals surface area contributed by atoms with Gasteiger partial charge < -0.3 is 111 Å². The number of carbonyl (C=O) groups excluding carboxylic acids is 1. The normalized spacial score (nSPS) is 44.4. The standard InChI is InChI=1S/C73H133NO22/c1-41(2)20-14-16-22-51-34-44(5)63(86)37-53(76)24-19-27-58(81)46(7)57(80)25-17-15-21-43(4)68(88)48(9)64-39-65(95-72-71(91)67(74(12)13)69(89)50(11)94-72)49(10)73(92,96-64)40-66(87)93-45(6)29-30-54(77)35-52(75)23-18-26-59(82)47(8)60(83)32-28-42(3)62(85)38-56(79)36-55(78)31-33-61(84)70(51)90/h15,17,21,29-30,34,41-42,45-65,67-72,75-86,88-92H,14,16,18-20,22-28,31-33,35-40H2,1-13H3/b17-15-,30-29-,43-21-,44-34-/t42-,45-,46+,47-,48-,49-,50+,51-,52+,53-,54+,55-,56+,57+,58+,59+,60+,61+,62+,63-,64+,65+,67-,68+,69+,70+,71+,72-,73-/m0/s1. The molecule has 0 spiro atoms. The monoisotopic (exact) mass is 1380 g/mol. The lowest BCUT2D eigenvalue weighted by molar-refractivity contribution is -0.351. The van der Waals surface area contributed by atoms with Crippen molar-refractivity contribution in [1.82, 2.24) is 4.90 Å². The Balaban J connectivity index is 1.86.